The first kappa shape index (κ1) is 18.0. The molecule has 7 heteroatoms. The first-order chi connectivity index (χ1) is 13.1. The zero-order valence-corrected chi connectivity index (χ0v) is 15.8. The van der Waals surface area contributed by atoms with E-state index in [1.54, 1.807) is 39.5 Å². The number of benzene rings is 2. The third kappa shape index (κ3) is 3.57. The number of fused-ring (bicyclic) bond motifs is 1. The summed E-state index contributed by atoms with van der Waals surface area (Å²) in [6.07, 6.45) is 2.47. The minimum absolute atomic E-state index is 0.0444. The topological polar surface area (TPSA) is 66.9 Å². The fraction of sp³-hybridized carbons (Fsp3) is 0.350. The number of carbonyl (C=O) groups excluding carboxylic acids is 1. The molecule has 0 saturated carbocycles. The van der Waals surface area contributed by atoms with Crippen LogP contribution in [0.1, 0.15) is 18.4 Å². The normalized spacial score (nSPS) is 17.1. The Bertz CT molecular complexity index is 938. The number of carbonyl (C=O) groups is 1. The standard InChI is InChI=1S/C20H22N2O4S/c23-20(15-26-17-6-2-1-3-7-17)22-13-10-16-14-18(8-9-19(16)22)27(24,25)21-11-4-5-12-21/h1-3,6-9,14H,4-5,10-13,15H2. The van der Waals surface area contributed by atoms with Crippen molar-refractivity contribution >= 4 is 21.6 Å². The van der Waals surface area contributed by atoms with E-state index in [0.29, 0.717) is 36.7 Å². The highest BCUT2D eigenvalue weighted by atomic mass is 32.2. The molecule has 6 nitrogen and oxygen atoms in total. The Balaban J connectivity index is 1.48. The number of para-hydroxylation sites is 1. The maximum Gasteiger partial charge on any atom is 0.264 e. The van der Waals surface area contributed by atoms with E-state index in [9.17, 15) is 13.2 Å². The van der Waals surface area contributed by atoms with Crippen LogP contribution < -0.4 is 9.64 Å². The van der Waals surface area contributed by atoms with Crippen LogP contribution in [0.4, 0.5) is 5.69 Å². The van der Waals surface area contributed by atoms with Crippen LogP contribution >= 0.6 is 0 Å². The van der Waals surface area contributed by atoms with Crippen LogP contribution in [0.25, 0.3) is 0 Å². The molecule has 2 aliphatic heterocycles. The fourth-order valence-corrected chi connectivity index (χ4v) is 5.18. The summed E-state index contributed by atoms with van der Waals surface area (Å²) in [4.78, 5) is 14.5. The van der Waals surface area contributed by atoms with Crippen molar-refractivity contribution in [3.8, 4) is 5.75 Å². The van der Waals surface area contributed by atoms with Gasteiger partial charge in [0, 0.05) is 25.3 Å². The molecule has 4 rings (SSSR count). The van der Waals surface area contributed by atoms with Gasteiger partial charge in [0.05, 0.1) is 4.90 Å². The average Bonchev–Trinajstić information content (AvgIpc) is 3.36. The highest BCUT2D eigenvalue weighted by Gasteiger charge is 2.30. The van der Waals surface area contributed by atoms with Crippen molar-refractivity contribution in [3.63, 3.8) is 0 Å². The van der Waals surface area contributed by atoms with Crippen LogP contribution in [0.3, 0.4) is 0 Å². The number of hydrogen-bond donors (Lipinski definition) is 0. The van der Waals surface area contributed by atoms with Crippen LogP contribution in [-0.4, -0.2) is 44.9 Å². The van der Waals surface area contributed by atoms with Gasteiger partial charge in [-0.3, -0.25) is 4.79 Å². The monoisotopic (exact) mass is 386 g/mol. The Kier molecular flexibility index (Phi) is 4.88. The first-order valence-corrected chi connectivity index (χ1v) is 10.6. The predicted octanol–water partition coefficient (Wildman–Crippen LogP) is 2.44. The molecular formula is C20H22N2O4S. The third-order valence-electron chi connectivity index (χ3n) is 5.06. The molecule has 0 unspecified atom stereocenters. The van der Waals surface area contributed by atoms with Crippen LogP contribution in [-0.2, 0) is 21.2 Å². The number of anilines is 1. The fourth-order valence-electron chi connectivity index (χ4n) is 3.61. The van der Waals surface area contributed by atoms with Crippen molar-refractivity contribution < 1.29 is 17.9 Å². The number of hydrogen-bond acceptors (Lipinski definition) is 4. The molecule has 0 bridgehead atoms. The van der Waals surface area contributed by atoms with Gasteiger partial charge in [-0.15, -0.1) is 0 Å². The Morgan fingerprint density at radius 2 is 1.74 bits per heavy atom. The smallest absolute Gasteiger partial charge is 0.264 e. The number of ether oxygens (including phenoxy) is 1. The molecule has 27 heavy (non-hydrogen) atoms. The largest absolute Gasteiger partial charge is 0.484 e. The summed E-state index contributed by atoms with van der Waals surface area (Å²) >= 11 is 0. The lowest BCUT2D eigenvalue weighted by molar-refractivity contribution is -0.120. The van der Waals surface area contributed by atoms with E-state index in [1.807, 2.05) is 18.2 Å². The molecule has 2 aliphatic rings. The Hall–Kier alpha value is -2.38. The summed E-state index contributed by atoms with van der Waals surface area (Å²) in [5.41, 5.74) is 1.67. The van der Waals surface area contributed by atoms with Gasteiger partial charge >= 0.3 is 0 Å². The van der Waals surface area contributed by atoms with Gasteiger partial charge in [0.2, 0.25) is 10.0 Å². The van der Waals surface area contributed by atoms with Gasteiger partial charge in [-0.2, -0.15) is 4.31 Å². The summed E-state index contributed by atoms with van der Waals surface area (Å²) in [7, 11) is -3.44. The second-order valence-electron chi connectivity index (χ2n) is 6.80. The Morgan fingerprint density at radius 1 is 1.00 bits per heavy atom. The van der Waals surface area contributed by atoms with E-state index in [4.69, 9.17) is 4.74 Å². The van der Waals surface area contributed by atoms with Crippen molar-refractivity contribution in [2.24, 2.45) is 0 Å². The second kappa shape index (κ2) is 7.32. The molecule has 0 aromatic heterocycles. The highest BCUT2D eigenvalue weighted by molar-refractivity contribution is 7.89. The van der Waals surface area contributed by atoms with Crippen molar-refractivity contribution in [3.05, 3.63) is 54.1 Å². The van der Waals surface area contributed by atoms with Gasteiger partial charge in [-0.25, -0.2) is 8.42 Å². The number of rotatable bonds is 5. The summed E-state index contributed by atoms with van der Waals surface area (Å²) in [5.74, 6) is 0.519. The van der Waals surface area contributed by atoms with E-state index in [2.05, 4.69) is 0 Å². The van der Waals surface area contributed by atoms with Gasteiger partial charge in [-0.05, 0) is 55.2 Å². The molecule has 0 aliphatic carbocycles. The number of nitrogens with zero attached hydrogens (tertiary/aromatic N) is 2. The zero-order valence-electron chi connectivity index (χ0n) is 15.0. The summed E-state index contributed by atoms with van der Waals surface area (Å²) < 4.78 is 32.6. The lowest BCUT2D eigenvalue weighted by atomic mass is 10.2. The quantitative estimate of drug-likeness (QED) is 0.792. The molecule has 2 heterocycles. The van der Waals surface area contributed by atoms with E-state index < -0.39 is 10.0 Å². The van der Waals surface area contributed by atoms with E-state index in [-0.39, 0.29) is 12.5 Å². The van der Waals surface area contributed by atoms with Crippen LogP contribution in [0.5, 0.6) is 5.75 Å². The lowest BCUT2D eigenvalue weighted by Gasteiger charge is -2.19. The van der Waals surface area contributed by atoms with Gasteiger partial charge < -0.3 is 9.64 Å². The Labute approximate surface area is 159 Å². The van der Waals surface area contributed by atoms with Crippen molar-refractivity contribution in [1.29, 1.82) is 0 Å². The maximum absolute atomic E-state index is 12.7. The predicted molar refractivity (Wildman–Crippen MR) is 102 cm³/mol. The molecule has 2 aromatic rings. The minimum Gasteiger partial charge on any atom is -0.484 e. The van der Waals surface area contributed by atoms with Gasteiger partial charge in [0.1, 0.15) is 5.75 Å². The summed E-state index contributed by atoms with van der Waals surface area (Å²) in [6, 6.07) is 14.3. The van der Waals surface area contributed by atoms with Gasteiger partial charge in [-0.1, -0.05) is 18.2 Å². The second-order valence-corrected chi connectivity index (χ2v) is 8.74. The lowest BCUT2D eigenvalue weighted by Crippen LogP contribution is -2.33. The van der Waals surface area contributed by atoms with Gasteiger partial charge in [0.25, 0.3) is 5.91 Å². The minimum atomic E-state index is -3.44. The molecule has 1 fully saturated rings. The van der Waals surface area contributed by atoms with Crippen LogP contribution in [0, 0.1) is 0 Å². The summed E-state index contributed by atoms with van der Waals surface area (Å²) in [6.45, 7) is 1.67. The molecule has 0 radical (unpaired) electrons. The SMILES string of the molecule is O=C(COc1ccccc1)N1CCc2cc(S(=O)(=O)N3CCCC3)ccc21. The zero-order chi connectivity index (χ0) is 18.9. The molecule has 0 N–H and O–H groups in total. The van der Waals surface area contributed by atoms with Crippen LogP contribution in [0.15, 0.2) is 53.4 Å². The van der Waals surface area contributed by atoms with Crippen molar-refractivity contribution in [2.45, 2.75) is 24.2 Å². The number of amides is 1. The van der Waals surface area contributed by atoms with E-state index in [1.165, 1.54) is 0 Å². The van der Waals surface area contributed by atoms with Crippen molar-refractivity contribution in [2.75, 3.05) is 31.1 Å². The molecule has 0 spiro atoms. The molecular weight excluding hydrogens is 364 g/mol. The maximum atomic E-state index is 12.7. The molecule has 2 aromatic carbocycles. The number of sulfonamides is 1. The van der Waals surface area contributed by atoms with E-state index >= 15 is 0 Å². The Morgan fingerprint density at radius 3 is 2.48 bits per heavy atom. The molecule has 0 atom stereocenters. The molecule has 1 saturated heterocycles. The third-order valence-corrected chi connectivity index (χ3v) is 6.95. The average molecular weight is 386 g/mol. The summed E-state index contributed by atoms with van der Waals surface area (Å²) in [5, 5.41) is 0. The molecule has 142 valence electrons. The highest BCUT2D eigenvalue weighted by Crippen LogP contribution is 2.32. The van der Waals surface area contributed by atoms with Gasteiger partial charge in [0.15, 0.2) is 6.61 Å². The van der Waals surface area contributed by atoms with E-state index in [0.717, 1.165) is 24.1 Å². The molecule has 1 amide bonds. The van der Waals surface area contributed by atoms with Crippen LogP contribution in [0.2, 0.25) is 0 Å². The van der Waals surface area contributed by atoms with Crippen molar-refractivity contribution in [1.82, 2.24) is 4.31 Å². The first-order valence-electron chi connectivity index (χ1n) is 9.17.